The molecule has 3 heterocycles. The number of carbonyl (C=O) groups excluding carboxylic acids is 1. The normalized spacial score (nSPS) is 17.9. The molecular weight excluding hydrogens is 406 g/mol. The van der Waals surface area contributed by atoms with Gasteiger partial charge in [0.15, 0.2) is 5.03 Å². The van der Waals surface area contributed by atoms with E-state index in [1.165, 1.54) is 16.6 Å². The van der Waals surface area contributed by atoms with Gasteiger partial charge in [-0.2, -0.15) is 4.31 Å². The maximum absolute atomic E-state index is 12.8. The lowest BCUT2D eigenvalue weighted by atomic mass is 9.92. The monoisotopic (exact) mass is 429 g/mol. The molecule has 9 heteroatoms. The molecule has 0 spiro atoms. The molecular formula is C21H23N3O5S. The second kappa shape index (κ2) is 8.17. The molecule has 0 radical (unpaired) electrons. The predicted octanol–water partition coefficient (Wildman–Crippen LogP) is 1.01. The van der Waals surface area contributed by atoms with E-state index in [1.807, 2.05) is 0 Å². The summed E-state index contributed by atoms with van der Waals surface area (Å²) in [4.78, 5) is 18.4. The number of methoxy groups -OCH3 is 1. The zero-order chi connectivity index (χ0) is 21.3. The molecule has 1 N–H and O–H groups in total. The quantitative estimate of drug-likeness (QED) is 0.688. The number of aromatic nitrogens is 1. The maximum atomic E-state index is 12.8. The van der Waals surface area contributed by atoms with Crippen molar-refractivity contribution in [3.63, 3.8) is 0 Å². The molecule has 4 rings (SSSR count). The highest BCUT2D eigenvalue weighted by Crippen LogP contribution is 2.31. The molecule has 2 saturated heterocycles. The van der Waals surface area contributed by atoms with Crippen molar-refractivity contribution in [2.24, 2.45) is 0 Å². The number of aliphatic hydroxyl groups is 1. The van der Waals surface area contributed by atoms with Crippen LogP contribution in [0.1, 0.15) is 11.5 Å². The van der Waals surface area contributed by atoms with Crippen molar-refractivity contribution in [3.8, 4) is 5.75 Å². The molecule has 0 bridgehead atoms. The van der Waals surface area contributed by atoms with Gasteiger partial charge in [0, 0.05) is 32.4 Å². The number of benzene rings is 1. The lowest BCUT2D eigenvalue weighted by Crippen LogP contribution is -2.52. The van der Waals surface area contributed by atoms with Crippen molar-refractivity contribution in [2.75, 3.05) is 39.9 Å². The zero-order valence-corrected chi connectivity index (χ0v) is 17.4. The van der Waals surface area contributed by atoms with Gasteiger partial charge in [0.25, 0.3) is 10.0 Å². The number of nitrogens with zero attached hydrogens (tertiary/aromatic N) is 3. The van der Waals surface area contributed by atoms with E-state index in [0.29, 0.717) is 31.9 Å². The second-order valence-electron chi connectivity index (χ2n) is 7.35. The van der Waals surface area contributed by atoms with Gasteiger partial charge in [0.05, 0.1) is 19.6 Å². The van der Waals surface area contributed by atoms with Gasteiger partial charge in [-0.05, 0) is 41.0 Å². The number of likely N-dealkylation sites (tertiary alicyclic amines) is 1. The molecule has 0 aliphatic carbocycles. The van der Waals surface area contributed by atoms with Gasteiger partial charge in [-0.25, -0.2) is 13.4 Å². The fourth-order valence-electron chi connectivity index (χ4n) is 3.58. The van der Waals surface area contributed by atoms with Gasteiger partial charge in [-0.15, -0.1) is 0 Å². The van der Waals surface area contributed by atoms with Crippen LogP contribution in [0.25, 0.3) is 0 Å². The molecule has 8 nitrogen and oxygen atoms in total. The summed E-state index contributed by atoms with van der Waals surface area (Å²) in [6.07, 6.45) is 1.46. The lowest BCUT2D eigenvalue weighted by molar-refractivity contribution is -0.135. The third-order valence-electron chi connectivity index (χ3n) is 5.55. The van der Waals surface area contributed by atoms with Gasteiger partial charge in [0.1, 0.15) is 5.75 Å². The summed E-state index contributed by atoms with van der Waals surface area (Å²) in [5.74, 6) is -0.0665. The third kappa shape index (κ3) is 3.71. The van der Waals surface area contributed by atoms with Crippen LogP contribution < -0.4 is 4.74 Å². The van der Waals surface area contributed by atoms with Crippen LogP contribution in [-0.4, -0.2) is 73.5 Å². The topological polar surface area (TPSA) is 100 Å². The Balaban J connectivity index is 1.36. The van der Waals surface area contributed by atoms with E-state index in [1.54, 1.807) is 48.4 Å². The van der Waals surface area contributed by atoms with Crippen molar-refractivity contribution in [2.45, 2.75) is 10.9 Å². The SMILES string of the molecule is COc1ccc(C(CO)C(=O)N2CC(=C3CN(S(=O)(=O)c4ccccn4)C3)C2)cc1. The van der Waals surface area contributed by atoms with E-state index >= 15 is 0 Å². The Bertz CT molecular complexity index is 1050. The lowest BCUT2D eigenvalue weighted by Gasteiger charge is -2.42. The zero-order valence-electron chi connectivity index (χ0n) is 16.6. The first-order chi connectivity index (χ1) is 14.4. The molecule has 1 atom stereocenters. The number of pyridine rings is 1. The fraction of sp³-hybridized carbons (Fsp3) is 0.333. The first kappa shape index (κ1) is 20.5. The van der Waals surface area contributed by atoms with Crippen molar-refractivity contribution in [3.05, 3.63) is 65.4 Å². The number of rotatable bonds is 6. The molecule has 2 aromatic rings. The number of sulfonamides is 1. The Morgan fingerprint density at radius 2 is 1.77 bits per heavy atom. The van der Waals surface area contributed by atoms with Crippen LogP contribution in [0.5, 0.6) is 5.75 Å². The van der Waals surface area contributed by atoms with Crippen LogP contribution >= 0.6 is 0 Å². The van der Waals surface area contributed by atoms with Gasteiger partial charge >= 0.3 is 0 Å². The molecule has 2 aliphatic heterocycles. The summed E-state index contributed by atoms with van der Waals surface area (Å²) in [5, 5.41) is 9.79. The Labute approximate surface area is 175 Å². The smallest absolute Gasteiger partial charge is 0.261 e. The summed E-state index contributed by atoms with van der Waals surface area (Å²) < 4.78 is 31.6. The van der Waals surface area contributed by atoms with Crippen LogP contribution in [-0.2, 0) is 14.8 Å². The average molecular weight is 429 g/mol. The number of amides is 1. The highest BCUT2D eigenvalue weighted by atomic mass is 32.2. The summed E-state index contributed by atoms with van der Waals surface area (Å²) in [7, 11) is -2.01. The third-order valence-corrected chi connectivity index (χ3v) is 7.26. The Morgan fingerprint density at radius 1 is 1.10 bits per heavy atom. The van der Waals surface area contributed by atoms with Crippen LogP contribution in [0.3, 0.4) is 0 Å². The average Bonchev–Trinajstić information content (AvgIpc) is 2.70. The van der Waals surface area contributed by atoms with E-state index < -0.39 is 15.9 Å². The predicted molar refractivity (Wildman–Crippen MR) is 109 cm³/mol. The van der Waals surface area contributed by atoms with Crippen molar-refractivity contribution >= 4 is 15.9 Å². The minimum atomic E-state index is -3.58. The van der Waals surface area contributed by atoms with E-state index in [2.05, 4.69) is 4.98 Å². The second-order valence-corrected chi connectivity index (χ2v) is 9.24. The van der Waals surface area contributed by atoms with E-state index in [9.17, 15) is 18.3 Å². The minimum Gasteiger partial charge on any atom is -0.497 e. The fourth-order valence-corrected chi connectivity index (χ4v) is 4.94. The highest BCUT2D eigenvalue weighted by Gasteiger charge is 2.39. The first-order valence-electron chi connectivity index (χ1n) is 9.58. The Kier molecular flexibility index (Phi) is 5.59. The van der Waals surface area contributed by atoms with Crippen LogP contribution in [0.15, 0.2) is 64.8 Å². The maximum Gasteiger partial charge on any atom is 0.261 e. The summed E-state index contributed by atoms with van der Waals surface area (Å²) in [6.45, 7) is 1.33. The van der Waals surface area contributed by atoms with Gasteiger partial charge < -0.3 is 14.7 Å². The highest BCUT2D eigenvalue weighted by molar-refractivity contribution is 7.89. The number of aliphatic hydroxyl groups excluding tert-OH is 1. The molecule has 2 fully saturated rings. The van der Waals surface area contributed by atoms with Crippen molar-refractivity contribution < 1.29 is 23.1 Å². The van der Waals surface area contributed by atoms with Crippen LogP contribution in [0, 0.1) is 0 Å². The minimum absolute atomic E-state index is 0.0461. The van der Waals surface area contributed by atoms with Crippen LogP contribution in [0.4, 0.5) is 0 Å². The standard InChI is InChI=1S/C21H23N3O5S/c1-29-18-7-5-15(6-8-18)19(14-25)21(26)23-10-16(11-23)17-12-24(13-17)30(27,28)20-4-2-3-9-22-20/h2-9,19,25H,10-14H2,1H3. The molecule has 0 saturated carbocycles. The molecule has 1 aromatic carbocycles. The van der Waals surface area contributed by atoms with Crippen molar-refractivity contribution in [1.29, 1.82) is 0 Å². The van der Waals surface area contributed by atoms with E-state index in [0.717, 1.165) is 16.7 Å². The summed E-state index contributed by atoms with van der Waals surface area (Å²) in [5.41, 5.74) is 2.87. The first-order valence-corrected chi connectivity index (χ1v) is 11.0. The molecule has 158 valence electrons. The molecule has 1 amide bonds. The van der Waals surface area contributed by atoms with Crippen molar-refractivity contribution in [1.82, 2.24) is 14.2 Å². The Hall–Kier alpha value is -2.75. The van der Waals surface area contributed by atoms with Crippen LogP contribution in [0.2, 0.25) is 0 Å². The number of ether oxygens (including phenoxy) is 1. The largest absolute Gasteiger partial charge is 0.497 e. The van der Waals surface area contributed by atoms with E-state index in [-0.39, 0.29) is 17.5 Å². The summed E-state index contributed by atoms with van der Waals surface area (Å²) in [6, 6.07) is 11.9. The van der Waals surface area contributed by atoms with E-state index in [4.69, 9.17) is 4.74 Å². The summed E-state index contributed by atoms with van der Waals surface area (Å²) >= 11 is 0. The number of hydrogen-bond acceptors (Lipinski definition) is 6. The molecule has 1 aromatic heterocycles. The molecule has 30 heavy (non-hydrogen) atoms. The molecule has 1 unspecified atom stereocenters. The van der Waals surface area contributed by atoms with Gasteiger partial charge in [-0.1, -0.05) is 18.2 Å². The Morgan fingerprint density at radius 3 is 2.33 bits per heavy atom. The van der Waals surface area contributed by atoms with Gasteiger partial charge in [-0.3, -0.25) is 4.79 Å². The molecule has 2 aliphatic rings. The van der Waals surface area contributed by atoms with Gasteiger partial charge in [0.2, 0.25) is 5.91 Å². The number of carbonyl (C=O) groups is 1. The number of hydrogen-bond donors (Lipinski definition) is 1.